The maximum Gasteiger partial charge on any atom is 0.236 e. The summed E-state index contributed by atoms with van der Waals surface area (Å²) in [5.41, 5.74) is 7.17. The standard InChI is InChI=1S/C17H24N6O/c1-4-20-17-13(6-9-21-17)16(19)22(3)14-11-23(10-7-12(14)2)15(24)5-8-18/h4,6,9,12,14H,1,5,7,10-11,19H2,2-3H3,(H,20,21)/b16-13+/t12-,14+/m1/s1. The highest BCUT2D eigenvalue weighted by Gasteiger charge is 2.32. The summed E-state index contributed by atoms with van der Waals surface area (Å²) in [6, 6.07) is 2.02. The van der Waals surface area contributed by atoms with Gasteiger partial charge in [-0.2, -0.15) is 5.26 Å². The quantitative estimate of drug-likeness (QED) is 0.799. The van der Waals surface area contributed by atoms with Gasteiger partial charge in [-0.05, 0) is 18.4 Å². The Morgan fingerprint density at radius 3 is 3.12 bits per heavy atom. The van der Waals surface area contributed by atoms with Crippen LogP contribution in [-0.2, 0) is 4.79 Å². The van der Waals surface area contributed by atoms with E-state index in [1.165, 1.54) is 6.20 Å². The number of nitrogens with zero attached hydrogens (tertiary/aromatic N) is 4. The van der Waals surface area contributed by atoms with E-state index >= 15 is 0 Å². The summed E-state index contributed by atoms with van der Waals surface area (Å²) in [7, 11) is 1.93. The number of carbonyl (C=O) groups excluding carboxylic acids is 1. The second-order valence-electron chi connectivity index (χ2n) is 6.06. The lowest BCUT2D eigenvalue weighted by atomic mass is 9.92. The molecule has 2 atom stereocenters. The largest absolute Gasteiger partial charge is 0.385 e. The minimum Gasteiger partial charge on any atom is -0.385 e. The fraction of sp³-hybridized carbons (Fsp3) is 0.471. The number of amidine groups is 1. The number of likely N-dealkylation sites (tertiary alicyclic amines) is 1. The molecule has 0 aromatic carbocycles. The van der Waals surface area contributed by atoms with Crippen molar-refractivity contribution in [2.45, 2.75) is 25.8 Å². The number of hydrogen-bond donors (Lipinski definition) is 2. The van der Waals surface area contributed by atoms with Crippen molar-refractivity contribution in [3.63, 3.8) is 0 Å². The molecule has 3 N–H and O–H groups in total. The fourth-order valence-electron chi connectivity index (χ4n) is 3.09. The average molecular weight is 328 g/mol. The molecule has 0 unspecified atom stereocenters. The first-order chi connectivity index (χ1) is 11.5. The second kappa shape index (κ2) is 7.68. The smallest absolute Gasteiger partial charge is 0.236 e. The molecule has 2 aliphatic rings. The number of hydrogen-bond acceptors (Lipinski definition) is 5. The van der Waals surface area contributed by atoms with E-state index in [-0.39, 0.29) is 18.4 Å². The SMILES string of the molecule is C=C/N=C1/NC=C/C1=C(/N)N(C)[C@H]1CN(C(=O)CC#N)CC[C@H]1C. The van der Waals surface area contributed by atoms with Gasteiger partial charge >= 0.3 is 0 Å². The molecule has 0 aromatic heterocycles. The van der Waals surface area contributed by atoms with Crippen LogP contribution in [0.3, 0.4) is 0 Å². The molecule has 0 aromatic rings. The normalized spacial score (nSPS) is 26.7. The third-order valence-corrected chi connectivity index (χ3v) is 4.60. The van der Waals surface area contributed by atoms with Crippen LogP contribution in [0.1, 0.15) is 19.8 Å². The number of nitriles is 1. The molecule has 24 heavy (non-hydrogen) atoms. The number of piperidine rings is 1. The summed E-state index contributed by atoms with van der Waals surface area (Å²) in [6.45, 7) is 7.02. The Bertz CT molecular complexity index is 642. The van der Waals surface area contributed by atoms with Crippen molar-refractivity contribution < 1.29 is 4.79 Å². The molecule has 2 heterocycles. The molecule has 0 aliphatic carbocycles. The fourth-order valence-corrected chi connectivity index (χ4v) is 3.09. The minimum atomic E-state index is -0.120. The molecule has 0 spiro atoms. The molecule has 1 fully saturated rings. The maximum atomic E-state index is 12.0. The van der Waals surface area contributed by atoms with E-state index in [1.54, 1.807) is 11.1 Å². The van der Waals surface area contributed by atoms with Gasteiger partial charge in [0.1, 0.15) is 18.1 Å². The van der Waals surface area contributed by atoms with Crippen molar-refractivity contribution in [1.82, 2.24) is 15.1 Å². The number of likely N-dealkylation sites (N-methyl/N-ethyl adjacent to an activating group) is 1. The zero-order valence-corrected chi connectivity index (χ0v) is 14.2. The summed E-state index contributed by atoms with van der Waals surface area (Å²) >= 11 is 0. The zero-order valence-electron chi connectivity index (χ0n) is 14.2. The van der Waals surface area contributed by atoms with Gasteiger partial charge in [0.2, 0.25) is 5.91 Å². The van der Waals surface area contributed by atoms with Gasteiger partial charge in [-0.15, -0.1) is 0 Å². The van der Waals surface area contributed by atoms with Gasteiger partial charge in [-0.1, -0.05) is 13.5 Å². The van der Waals surface area contributed by atoms with E-state index in [9.17, 15) is 4.79 Å². The van der Waals surface area contributed by atoms with Crippen molar-refractivity contribution in [3.05, 3.63) is 36.4 Å². The predicted molar refractivity (Wildman–Crippen MR) is 93.3 cm³/mol. The van der Waals surface area contributed by atoms with E-state index in [0.717, 1.165) is 12.0 Å². The number of amides is 1. The molecule has 2 aliphatic heterocycles. The van der Waals surface area contributed by atoms with Crippen molar-refractivity contribution in [1.29, 1.82) is 5.26 Å². The summed E-state index contributed by atoms with van der Waals surface area (Å²) in [5.74, 6) is 1.53. The number of aliphatic imine (C=N–C) groups is 1. The number of rotatable bonds is 4. The van der Waals surface area contributed by atoms with E-state index in [2.05, 4.69) is 23.8 Å². The number of carbonyl (C=O) groups is 1. The van der Waals surface area contributed by atoms with Crippen LogP contribution in [0.4, 0.5) is 0 Å². The number of nitrogens with one attached hydrogen (secondary N) is 1. The van der Waals surface area contributed by atoms with Gasteiger partial charge in [-0.25, -0.2) is 4.99 Å². The first-order valence-corrected chi connectivity index (χ1v) is 7.99. The lowest BCUT2D eigenvalue weighted by Crippen LogP contribution is -2.53. The Kier molecular flexibility index (Phi) is 5.64. The van der Waals surface area contributed by atoms with Crippen LogP contribution in [0.2, 0.25) is 0 Å². The predicted octanol–water partition coefficient (Wildman–Crippen LogP) is 0.898. The van der Waals surface area contributed by atoms with Crippen LogP contribution in [0.25, 0.3) is 0 Å². The Morgan fingerprint density at radius 1 is 1.71 bits per heavy atom. The highest BCUT2D eigenvalue weighted by Crippen LogP contribution is 2.25. The molecular formula is C17H24N6O. The molecule has 1 amide bonds. The maximum absolute atomic E-state index is 12.0. The van der Waals surface area contributed by atoms with Crippen LogP contribution in [0.5, 0.6) is 0 Å². The second-order valence-corrected chi connectivity index (χ2v) is 6.06. The summed E-state index contributed by atoms with van der Waals surface area (Å²) in [6.07, 6.45) is 5.93. The topological polar surface area (TPSA) is 97.8 Å². The molecule has 7 heteroatoms. The summed E-state index contributed by atoms with van der Waals surface area (Å²) in [4.78, 5) is 20.0. The van der Waals surface area contributed by atoms with E-state index in [0.29, 0.717) is 30.7 Å². The van der Waals surface area contributed by atoms with Gasteiger partial charge in [-0.3, -0.25) is 4.79 Å². The van der Waals surface area contributed by atoms with Crippen molar-refractivity contribution in [2.24, 2.45) is 16.6 Å². The Balaban J connectivity index is 2.20. The highest BCUT2D eigenvalue weighted by atomic mass is 16.2. The third-order valence-electron chi connectivity index (χ3n) is 4.60. The van der Waals surface area contributed by atoms with Gasteiger partial charge in [0.15, 0.2) is 0 Å². The van der Waals surface area contributed by atoms with Gasteiger partial charge in [0.05, 0.1) is 17.7 Å². The van der Waals surface area contributed by atoms with Crippen LogP contribution in [-0.4, -0.2) is 47.7 Å². The van der Waals surface area contributed by atoms with Crippen molar-refractivity contribution >= 4 is 11.7 Å². The monoisotopic (exact) mass is 328 g/mol. The van der Waals surface area contributed by atoms with Crippen LogP contribution in [0, 0.1) is 17.2 Å². The molecule has 0 saturated carbocycles. The van der Waals surface area contributed by atoms with Crippen molar-refractivity contribution in [2.75, 3.05) is 20.1 Å². The minimum absolute atomic E-state index is 0.0792. The van der Waals surface area contributed by atoms with Crippen molar-refractivity contribution in [3.8, 4) is 6.07 Å². The molecule has 0 radical (unpaired) electrons. The van der Waals surface area contributed by atoms with Crippen LogP contribution in [0.15, 0.2) is 41.4 Å². The molecule has 1 saturated heterocycles. The first-order valence-electron chi connectivity index (χ1n) is 7.99. The lowest BCUT2D eigenvalue weighted by Gasteiger charge is -2.42. The van der Waals surface area contributed by atoms with E-state index in [1.807, 2.05) is 24.1 Å². The molecule has 7 nitrogen and oxygen atoms in total. The molecule has 2 rings (SSSR count). The Morgan fingerprint density at radius 2 is 2.46 bits per heavy atom. The van der Waals surface area contributed by atoms with E-state index in [4.69, 9.17) is 11.0 Å². The summed E-state index contributed by atoms with van der Waals surface area (Å²) < 4.78 is 0. The first kappa shape index (κ1) is 17.6. The molecule has 0 bridgehead atoms. The van der Waals surface area contributed by atoms with Crippen LogP contribution < -0.4 is 11.1 Å². The van der Waals surface area contributed by atoms with Gasteiger partial charge in [0.25, 0.3) is 0 Å². The number of nitrogens with two attached hydrogens (primary N) is 1. The average Bonchev–Trinajstić information content (AvgIpc) is 3.02. The van der Waals surface area contributed by atoms with Gasteiger partial charge < -0.3 is 20.9 Å². The zero-order chi connectivity index (χ0) is 17.7. The Labute approximate surface area is 142 Å². The highest BCUT2D eigenvalue weighted by molar-refractivity contribution is 6.04. The van der Waals surface area contributed by atoms with Gasteiger partial charge in [0, 0.05) is 32.5 Å². The van der Waals surface area contributed by atoms with Crippen LogP contribution >= 0.6 is 0 Å². The molecular weight excluding hydrogens is 304 g/mol. The van der Waals surface area contributed by atoms with E-state index < -0.39 is 0 Å². The summed E-state index contributed by atoms with van der Waals surface area (Å²) in [5, 5.41) is 11.8. The Hall–Kier alpha value is -2.75. The third kappa shape index (κ3) is 3.59. The molecule has 128 valence electrons. The lowest BCUT2D eigenvalue weighted by molar-refractivity contribution is -0.132.